The first-order chi connectivity index (χ1) is 10.8. The zero-order valence-corrected chi connectivity index (χ0v) is 15.6. The smallest absolute Gasteiger partial charge is 0.192 e. The van der Waals surface area contributed by atoms with Crippen molar-refractivity contribution in [3.63, 3.8) is 0 Å². The van der Waals surface area contributed by atoms with Crippen molar-refractivity contribution >= 4 is 8.32 Å². The lowest BCUT2D eigenvalue weighted by Crippen LogP contribution is -2.42. The van der Waals surface area contributed by atoms with Crippen LogP contribution in [0.25, 0.3) is 0 Å². The van der Waals surface area contributed by atoms with Crippen molar-refractivity contribution in [2.24, 2.45) is 0 Å². The van der Waals surface area contributed by atoms with Crippen LogP contribution in [0.2, 0.25) is 18.1 Å². The number of imidazole rings is 1. The van der Waals surface area contributed by atoms with Gasteiger partial charge >= 0.3 is 0 Å². The van der Waals surface area contributed by atoms with E-state index in [9.17, 15) is 5.26 Å². The molecule has 1 heterocycles. The third-order valence-corrected chi connectivity index (χ3v) is 9.23. The molecule has 1 unspecified atom stereocenters. The van der Waals surface area contributed by atoms with E-state index in [0.717, 1.165) is 5.56 Å². The van der Waals surface area contributed by atoms with Gasteiger partial charge in [0.05, 0.1) is 30.6 Å². The zero-order valence-electron chi connectivity index (χ0n) is 14.6. The van der Waals surface area contributed by atoms with Crippen LogP contribution in [0.3, 0.4) is 0 Å². The molecule has 0 bridgehead atoms. The Labute approximate surface area is 139 Å². The molecule has 0 saturated carbocycles. The summed E-state index contributed by atoms with van der Waals surface area (Å²) >= 11 is 0. The molecule has 5 heteroatoms. The van der Waals surface area contributed by atoms with Crippen LogP contribution < -0.4 is 0 Å². The van der Waals surface area contributed by atoms with E-state index >= 15 is 0 Å². The minimum atomic E-state index is -1.86. The van der Waals surface area contributed by atoms with E-state index in [4.69, 9.17) is 4.43 Å². The van der Waals surface area contributed by atoms with Crippen molar-refractivity contribution in [1.82, 2.24) is 9.55 Å². The van der Waals surface area contributed by atoms with Gasteiger partial charge in [-0.1, -0.05) is 39.0 Å². The van der Waals surface area contributed by atoms with Crippen LogP contribution in [0.4, 0.5) is 0 Å². The molecule has 23 heavy (non-hydrogen) atoms. The van der Waals surface area contributed by atoms with Gasteiger partial charge in [0.2, 0.25) is 0 Å². The largest absolute Gasteiger partial charge is 0.414 e. The Kier molecular flexibility index (Phi) is 5.08. The molecule has 0 aliphatic rings. The second kappa shape index (κ2) is 6.69. The second-order valence-electron chi connectivity index (χ2n) is 7.30. The number of benzene rings is 1. The van der Waals surface area contributed by atoms with Gasteiger partial charge in [-0.3, -0.25) is 0 Å². The molecule has 0 radical (unpaired) electrons. The lowest BCUT2D eigenvalue weighted by molar-refractivity contribution is 0.248. The molecule has 1 atom stereocenters. The molecule has 0 fully saturated rings. The molecule has 0 amide bonds. The highest BCUT2D eigenvalue weighted by atomic mass is 28.4. The van der Waals surface area contributed by atoms with Gasteiger partial charge in [0.15, 0.2) is 8.32 Å². The summed E-state index contributed by atoms with van der Waals surface area (Å²) in [5.41, 5.74) is 1.66. The van der Waals surface area contributed by atoms with Crippen LogP contribution in [0.5, 0.6) is 0 Å². The minimum Gasteiger partial charge on any atom is -0.414 e. The highest BCUT2D eigenvalue weighted by Gasteiger charge is 2.38. The van der Waals surface area contributed by atoms with Crippen LogP contribution in [0.1, 0.15) is 37.9 Å². The third-order valence-electron chi connectivity index (χ3n) is 4.73. The summed E-state index contributed by atoms with van der Waals surface area (Å²) in [5.74, 6) is 0. The summed E-state index contributed by atoms with van der Waals surface area (Å²) in [5, 5.41) is 9.57. The summed E-state index contributed by atoms with van der Waals surface area (Å²) in [4.78, 5) is 4.15. The Morgan fingerprint density at radius 1 is 1.30 bits per heavy atom. The van der Waals surface area contributed by atoms with Gasteiger partial charge in [-0.2, -0.15) is 5.26 Å². The van der Waals surface area contributed by atoms with Crippen LogP contribution in [0.15, 0.2) is 43.0 Å². The monoisotopic (exact) mass is 327 g/mol. The Balaban J connectivity index is 2.33. The van der Waals surface area contributed by atoms with E-state index < -0.39 is 8.32 Å². The van der Waals surface area contributed by atoms with E-state index in [1.54, 1.807) is 12.5 Å². The van der Waals surface area contributed by atoms with Gasteiger partial charge in [0, 0.05) is 12.4 Å². The van der Waals surface area contributed by atoms with E-state index in [1.807, 2.05) is 35.0 Å². The highest BCUT2D eigenvalue weighted by Crippen LogP contribution is 2.37. The van der Waals surface area contributed by atoms with Crippen molar-refractivity contribution in [1.29, 1.82) is 5.26 Å². The third kappa shape index (κ3) is 3.90. The molecule has 1 aromatic carbocycles. The van der Waals surface area contributed by atoms with Crippen molar-refractivity contribution in [3.8, 4) is 6.07 Å². The lowest BCUT2D eigenvalue weighted by Gasteiger charge is -2.37. The molecule has 0 saturated heterocycles. The average Bonchev–Trinajstić information content (AvgIpc) is 3.01. The Hall–Kier alpha value is -1.90. The van der Waals surface area contributed by atoms with Gasteiger partial charge in [-0.05, 0) is 29.8 Å². The maximum Gasteiger partial charge on any atom is 0.192 e. The fourth-order valence-electron chi connectivity index (χ4n) is 2.18. The SMILES string of the molecule is CC(C)(C)[Si](C)(C)OCC(c1ccccc1C#N)n1ccnc1. The fraction of sp³-hybridized carbons (Fsp3) is 0.444. The first-order valence-electron chi connectivity index (χ1n) is 7.87. The molecule has 2 aromatic rings. The van der Waals surface area contributed by atoms with Crippen LogP contribution in [-0.2, 0) is 4.43 Å². The van der Waals surface area contributed by atoms with Gasteiger partial charge in [-0.15, -0.1) is 0 Å². The van der Waals surface area contributed by atoms with E-state index in [-0.39, 0.29) is 11.1 Å². The van der Waals surface area contributed by atoms with Gasteiger partial charge in [-0.25, -0.2) is 4.98 Å². The molecular formula is C18H25N3OSi. The van der Waals surface area contributed by atoms with Crippen LogP contribution >= 0.6 is 0 Å². The normalized spacial score (nSPS) is 13.6. The minimum absolute atomic E-state index is 0.0394. The van der Waals surface area contributed by atoms with Gasteiger partial charge in [0.25, 0.3) is 0 Å². The molecule has 0 aliphatic carbocycles. The lowest BCUT2D eigenvalue weighted by atomic mass is 10.0. The predicted octanol–water partition coefficient (Wildman–Crippen LogP) is 4.37. The number of aromatic nitrogens is 2. The Morgan fingerprint density at radius 3 is 2.57 bits per heavy atom. The van der Waals surface area contributed by atoms with E-state index in [0.29, 0.717) is 12.2 Å². The van der Waals surface area contributed by atoms with Crippen LogP contribution in [0, 0.1) is 11.3 Å². The molecule has 0 N–H and O–H groups in total. The van der Waals surface area contributed by atoms with Gasteiger partial charge < -0.3 is 8.99 Å². The molecule has 1 aromatic heterocycles. The summed E-state index contributed by atoms with van der Waals surface area (Å²) in [6, 6.07) is 9.95. The average molecular weight is 328 g/mol. The van der Waals surface area contributed by atoms with Crippen LogP contribution in [-0.4, -0.2) is 24.5 Å². The maximum atomic E-state index is 9.42. The fourth-order valence-corrected chi connectivity index (χ4v) is 3.19. The Bertz CT molecular complexity index is 681. The number of hydrogen-bond donors (Lipinski definition) is 0. The standard InChI is InChI=1S/C18H25N3OSi/c1-18(2,3)23(4,5)22-13-17(21-11-10-20-14-21)16-9-7-6-8-15(16)12-19/h6-11,14,17H,13H2,1-5H3. The van der Waals surface area contributed by atoms with E-state index in [1.165, 1.54) is 0 Å². The molecule has 0 spiro atoms. The molecule has 4 nitrogen and oxygen atoms in total. The summed E-state index contributed by atoms with van der Waals surface area (Å²) in [6.45, 7) is 11.7. The molecule has 122 valence electrons. The quantitative estimate of drug-likeness (QED) is 0.766. The summed E-state index contributed by atoms with van der Waals surface area (Å²) < 4.78 is 8.43. The van der Waals surface area contributed by atoms with Crippen molar-refractivity contribution in [3.05, 3.63) is 54.1 Å². The molecular weight excluding hydrogens is 302 g/mol. The number of hydrogen-bond acceptors (Lipinski definition) is 3. The van der Waals surface area contributed by atoms with E-state index in [2.05, 4.69) is 44.9 Å². The number of nitrogens with zero attached hydrogens (tertiary/aromatic N) is 3. The summed E-state index contributed by atoms with van der Waals surface area (Å²) in [7, 11) is -1.86. The predicted molar refractivity (Wildman–Crippen MR) is 94.7 cm³/mol. The first kappa shape index (κ1) is 17.5. The molecule has 2 rings (SSSR count). The highest BCUT2D eigenvalue weighted by molar-refractivity contribution is 6.74. The van der Waals surface area contributed by atoms with Gasteiger partial charge in [0.1, 0.15) is 0 Å². The van der Waals surface area contributed by atoms with Crippen molar-refractivity contribution < 1.29 is 4.43 Å². The summed E-state index contributed by atoms with van der Waals surface area (Å²) in [6.07, 6.45) is 5.47. The zero-order chi connectivity index (χ0) is 17.1. The van der Waals surface area contributed by atoms with Crippen molar-refractivity contribution in [2.75, 3.05) is 6.61 Å². The Morgan fingerprint density at radius 2 is 2.00 bits per heavy atom. The molecule has 0 aliphatic heterocycles. The van der Waals surface area contributed by atoms with Crippen molar-refractivity contribution in [2.45, 2.75) is 44.9 Å². The number of rotatable bonds is 5. The topological polar surface area (TPSA) is 50.8 Å². The maximum absolute atomic E-state index is 9.42. The first-order valence-corrected chi connectivity index (χ1v) is 10.8. The number of nitriles is 1. The second-order valence-corrected chi connectivity index (χ2v) is 12.1.